The van der Waals surface area contributed by atoms with Crippen LogP contribution in [0, 0.1) is 19.8 Å². The minimum Gasteiger partial charge on any atom is -0.338 e. The Morgan fingerprint density at radius 1 is 1.21 bits per heavy atom. The number of nitrogens with zero attached hydrogens (tertiary/aromatic N) is 5. The summed E-state index contributed by atoms with van der Waals surface area (Å²) in [6, 6.07) is 7.74. The lowest BCUT2D eigenvalue weighted by Gasteiger charge is -2.33. The van der Waals surface area contributed by atoms with Gasteiger partial charge in [-0.15, -0.1) is 0 Å². The van der Waals surface area contributed by atoms with Crippen molar-refractivity contribution in [2.45, 2.75) is 33.2 Å². The summed E-state index contributed by atoms with van der Waals surface area (Å²) in [5.74, 6) is 0.574. The van der Waals surface area contributed by atoms with Crippen LogP contribution < -0.4 is 0 Å². The third-order valence-corrected chi connectivity index (χ3v) is 5.32. The maximum atomic E-state index is 13.0. The van der Waals surface area contributed by atoms with E-state index in [1.54, 1.807) is 12.4 Å². The highest BCUT2D eigenvalue weighted by Gasteiger charge is 2.24. The molecule has 1 saturated heterocycles. The van der Waals surface area contributed by atoms with E-state index in [0.717, 1.165) is 60.7 Å². The summed E-state index contributed by atoms with van der Waals surface area (Å²) in [7, 11) is 0. The highest BCUT2D eigenvalue weighted by atomic mass is 16.2. The number of hydrogen-bond acceptors (Lipinski definition) is 4. The topological polar surface area (TPSA) is 63.9 Å². The summed E-state index contributed by atoms with van der Waals surface area (Å²) < 4.78 is 2.10. The van der Waals surface area contributed by atoms with Crippen LogP contribution in [-0.4, -0.2) is 43.4 Å². The number of hydrogen-bond donors (Lipinski definition) is 0. The number of imidazole rings is 1. The second-order valence-electron chi connectivity index (χ2n) is 7.54. The van der Waals surface area contributed by atoms with Crippen molar-refractivity contribution in [3.05, 3.63) is 66.1 Å². The van der Waals surface area contributed by atoms with Gasteiger partial charge in [-0.2, -0.15) is 0 Å². The summed E-state index contributed by atoms with van der Waals surface area (Å²) in [5.41, 5.74) is 4.37. The van der Waals surface area contributed by atoms with Crippen molar-refractivity contribution in [3.63, 3.8) is 0 Å². The van der Waals surface area contributed by atoms with Crippen LogP contribution in [0.4, 0.5) is 0 Å². The van der Waals surface area contributed by atoms with Gasteiger partial charge in [0.2, 0.25) is 0 Å². The number of piperidine rings is 1. The molecule has 0 spiro atoms. The Kier molecular flexibility index (Phi) is 5.19. The van der Waals surface area contributed by atoms with E-state index in [-0.39, 0.29) is 5.91 Å². The minimum atomic E-state index is 0.105. The number of carbonyl (C=O) groups excluding carboxylic acids is 1. The molecule has 1 aliphatic rings. The Balaban J connectivity index is 1.46. The smallest absolute Gasteiger partial charge is 0.253 e. The standard InChI is InChI=1S/C22H25N5O/c1-16-12-24-17(2)21(25-16)19-5-7-20(8-6-19)22(28)27-10-3-4-18(14-27)13-26-11-9-23-15-26/h5-9,11-12,15,18H,3-4,10,13-14H2,1-2H3/t18-/m1/s1. The molecule has 1 amide bonds. The van der Waals surface area contributed by atoms with Gasteiger partial charge in [-0.05, 0) is 44.7 Å². The molecule has 1 aromatic carbocycles. The van der Waals surface area contributed by atoms with Gasteiger partial charge in [0.1, 0.15) is 0 Å². The molecule has 3 aromatic rings. The molecule has 1 fully saturated rings. The molecule has 6 nitrogen and oxygen atoms in total. The molecular weight excluding hydrogens is 350 g/mol. The van der Waals surface area contributed by atoms with E-state index in [1.165, 1.54) is 0 Å². The lowest BCUT2D eigenvalue weighted by molar-refractivity contribution is 0.0662. The molecule has 0 radical (unpaired) electrons. The van der Waals surface area contributed by atoms with Crippen LogP contribution >= 0.6 is 0 Å². The fourth-order valence-electron chi connectivity index (χ4n) is 3.86. The summed E-state index contributed by atoms with van der Waals surface area (Å²) in [6.07, 6.45) is 9.58. The van der Waals surface area contributed by atoms with E-state index in [0.29, 0.717) is 5.92 Å². The van der Waals surface area contributed by atoms with Crippen molar-refractivity contribution in [2.24, 2.45) is 5.92 Å². The molecule has 1 aliphatic heterocycles. The van der Waals surface area contributed by atoms with Gasteiger partial charge in [0.15, 0.2) is 0 Å². The minimum absolute atomic E-state index is 0.105. The van der Waals surface area contributed by atoms with Gasteiger partial charge >= 0.3 is 0 Å². The van der Waals surface area contributed by atoms with E-state index in [4.69, 9.17) is 0 Å². The quantitative estimate of drug-likeness (QED) is 0.700. The number of aromatic nitrogens is 4. The molecule has 3 heterocycles. The zero-order valence-corrected chi connectivity index (χ0v) is 16.4. The lowest BCUT2D eigenvalue weighted by Crippen LogP contribution is -2.41. The van der Waals surface area contributed by atoms with Crippen molar-refractivity contribution in [3.8, 4) is 11.3 Å². The molecule has 28 heavy (non-hydrogen) atoms. The number of benzene rings is 1. The molecule has 0 bridgehead atoms. The highest BCUT2D eigenvalue weighted by Crippen LogP contribution is 2.23. The van der Waals surface area contributed by atoms with Gasteiger partial charge in [0.05, 0.1) is 23.4 Å². The van der Waals surface area contributed by atoms with E-state index in [9.17, 15) is 4.79 Å². The zero-order chi connectivity index (χ0) is 19.5. The van der Waals surface area contributed by atoms with Crippen LogP contribution in [0.25, 0.3) is 11.3 Å². The predicted octanol–water partition coefficient (Wildman–Crippen LogP) is 3.51. The first kappa shape index (κ1) is 18.3. The predicted molar refractivity (Wildman–Crippen MR) is 108 cm³/mol. The third kappa shape index (κ3) is 3.96. The van der Waals surface area contributed by atoms with Gasteiger partial charge in [0, 0.05) is 49.4 Å². The molecule has 1 atom stereocenters. The number of rotatable bonds is 4. The molecule has 6 heteroatoms. The summed E-state index contributed by atoms with van der Waals surface area (Å²) in [5, 5.41) is 0. The van der Waals surface area contributed by atoms with Crippen LogP contribution in [0.2, 0.25) is 0 Å². The molecule has 4 rings (SSSR count). The van der Waals surface area contributed by atoms with Gasteiger partial charge in [-0.25, -0.2) is 9.97 Å². The third-order valence-electron chi connectivity index (χ3n) is 5.32. The van der Waals surface area contributed by atoms with Crippen LogP contribution in [0.3, 0.4) is 0 Å². The van der Waals surface area contributed by atoms with Crippen LogP contribution in [0.1, 0.15) is 34.6 Å². The number of likely N-dealkylation sites (tertiary alicyclic amines) is 1. The SMILES string of the molecule is Cc1cnc(C)c(-c2ccc(C(=O)N3CCC[C@H](Cn4ccnc4)C3)cc2)n1. The average Bonchev–Trinajstić information content (AvgIpc) is 3.23. The van der Waals surface area contributed by atoms with Crippen LogP contribution in [0.5, 0.6) is 0 Å². The Bertz CT molecular complexity index is 950. The maximum absolute atomic E-state index is 13.0. The Labute approximate surface area is 165 Å². The lowest BCUT2D eigenvalue weighted by atomic mass is 9.97. The fraction of sp³-hybridized carbons (Fsp3) is 0.364. The van der Waals surface area contributed by atoms with Crippen molar-refractivity contribution in [1.82, 2.24) is 24.4 Å². The molecule has 0 unspecified atom stereocenters. The first-order valence-corrected chi connectivity index (χ1v) is 9.76. The summed E-state index contributed by atoms with van der Waals surface area (Å²) >= 11 is 0. The molecule has 0 saturated carbocycles. The largest absolute Gasteiger partial charge is 0.338 e. The van der Waals surface area contributed by atoms with Gasteiger partial charge in [0.25, 0.3) is 5.91 Å². The fourth-order valence-corrected chi connectivity index (χ4v) is 3.86. The van der Waals surface area contributed by atoms with Crippen LogP contribution in [0.15, 0.2) is 49.2 Å². The van der Waals surface area contributed by atoms with Gasteiger partial charge < -0.3 is 9.47 Å². The van der Waals surface area contributed by atoms with Gasteiger partial charge in [-0.1, -0.05) is 12.1 Å². The van der Waals surface area contributed by atoms with Crippen molar-refractivity contribution in [2.75, 3.05) is 13.1 Å². The number of amides is 1. The van der Waals surface area contributed by atoms with E-state index in [2.05, 4.69) is 19.5 Å². The average molecular weight is 375 g/mol. The molecular formula is C22H25N5O. The summed E-state index contributed by atoms with van der Waals surface area (Å²) in [4.78, 5) is 28.1. The molecule has 144 valence electrons. The first-order valence-electron chi connectivity index (χ1n) is 9.76. The first-order chi connectivity index (χ1) is 13.6. The Hall–Kier alpha value is -3.02. The number of aryl methyl sites for hydroxylation is 2. The Morgan fingerprint density at radius 2 is 2.04 bits per heavy atom. The van der Waals surface area contributed by atoms with Crippen molar-refractivity contribution < 1.29 is 4.79 Å². The molecule has 0 N–H and O–H groups in total. The highest BCUT2D eigenvalue weighted by molar-refractivity contribution is 5.94. The van der Waals surface area contributed by atoms with Crippen LogP contribution in [-0.2, 0) is 6.54 Å². The maximum Gasteiger partial charge on any atom is 0.253 e. The molecule has 2 aromatic heterocycles. The van der Waals surface area contributed by atoms with Crippen molar-refractivity contribution in [1.29, 1.82) is 0 Å². The zero-order valence-electron chi connectivity index (χ0n) is 16.4. The van der Waals surface area contributed by atoms with E-state index in [1.807, 2.05) is 55.5 Å². The second kappa shape index (κ2) is 7.92. The monoisotopic (exact) mass is 375 g/mol. The number of carbonyl (C=O) groups is 1. The van der Waals surface area contributed by atoms with Gasteiger partial charge in [-0.3, -0.25) is 9.78 Å². The molecule has 0 aliphatic carbocycles. The Morgan fingerprint density at radius 3 is 2.79 bits per heavy atom. The summed E-state index contributed by atoms with van der Waals surface area (Å²) in [6.45, 7) is 6.41. The normalized spacial score (nSPS) is 16.9. The second-order valence-corrected chi connectivity index (χ2v) is 7.54. The van der Waals surface area contributed by atoms with E-state index >= 15 is 0 Å². The van der Waals surface area contributed by atoms with Crippen molar-refractivity contribution >= 4 is 5.91 Å². The van der Waals surface area contributed by atoms with E-state index < -0.39 is 0 Å².